The minimum atomic E-state index is -0.513. The minimum absolute atomic E-state index is 0.114. The van der Waals surface area contributed by atoms with Gasteiger partial charge in [0.05, 0.1) is 29.4 Å². The van der Waals surface area contributed by atoms with Crippen molar-refractivity contribution >= 4 is 17.2 Å². The lowest BCUT2D eigenvalue weighted by atomic mass is 10.1. The lowest BCUT2D eigenvalue weighted by Crippen LogP contribution is -2.41. The van der Waals surface area contributed by atoms with Crippen LogP contribution in [0.15, 0.2) is 53.5 Å². The standard InChI is InChI=1S/C19H18N4O3/c20-14-16-13-17(23(24)25)6-7-18(16)21-19(22-8-10-26-11-9-22)12-15-4-2-1-3-5-15/h1-7,13H,8-12H2. The number of nitriles is 1. The second-order valence-electron chi connectivity index (χ2n) is 5.86. The smallest absolute Gasteiger partial charge is 0.270 e. The SMILES string of the molecule is N#Cc1cc([N+](=O)[O-])ccc1N=C(Cc1ccccc1)N1CCOCC1. The molecule has 3 rings (SSSR count). The maximum absolute atomic E-state index is 10.9. The number of nitrogens with zero attached hydrogens (tertiary/aromatic N) is 4. The van der Waals surface area contributed by atoms with Gasteiger partial charge >= 0.3 is 0 Å². The van der Waals surface area contributed by atoms with Gasteiger partial charge in [-0.05, 0) is 11.6 Å². The molecule has 0 saturated carbocycles. The summed E-state index contributed by atoms with van der Waals surface area (Å²) in [7, 11) is 0. The van der Waals surface area contributed by atoms with Gasteiger partial charge in [-0.2, -0.15) is 5.26 Å². The molecule has 1 heterocycles. The van der Waals surface area contributed by atoms with E-state index in [9.17, 15) is 15.4 Å². The first-order valence-electron chi connectivity index (χ1n) is 8.30. The quantitative estimate of drug-likeness (QED) is 0.366. The van der Waals surface area contributed by atoms with Crippen molar-refractivity contribution < 1.29 is 9.66 Å². The van der Waals surface area contributed by atoms with Crippen molar-refractivity contribution in [1.29, 1.82) is 5.26 Å². The van der Waals surface area contributed by atoms with Crippen molar-refractivity contribution in [2.24, 2.45) is 4.99 Å². The number of non-ortho nitro benzene ring substituents is 1. The lowest BCUT2D eigenvalue weighted by Gasteiger charge is -2.30. The van der Waals surface area contributed by atoms with Crippen LogP contribution in [0.25, 0.3) is 0 Å². The van der Waals surface area contributed by atoms with Crippen LogP contribution in [0.2, 0.25) is 0 Å². The molecule has 1 aliphatic heterocycles. The number of nitro groups is 1. The van der Waals surface area contributed by atoms with Crippen LogP contribution in [0.4, 0.5) is 11.4 Å². The average Bonchev–Trinajstić information content (AvgIpc) is 2.69. The van der Waals surface area contributed by atoms with Crippen LogP contribution in [-0.2, 0) is 11.2 Å². The first-order chi connectivity index (χ1) is 12.7. The van der Waals surface area contributed by atoms with Crippen molar-refractivity contribution in [2.75, 3.05) is 26.3 Å². The molecule has 0 amide bonds. The van der Waals surface area contributed by atoms with Crippen molar-refractivity contribution in [2.45, 2.75) is 6.42 Å². The highest BCUT2D eigenvalue weighted by molar-refractivity contribution is 5.87. The van der Waals surface area contributed by atoms with E-state index in [2.05, 4.69) is 4.90 Å². The Morgan fingerprint density at radius 2 is 1.96 bits per heavy atom. The highest BCUT2D eigenvalue weighted by Gasteiger charge is 2.17. The molecular weight excluding hydrogens is 332 g/mol. The molecule has 2 aromatic carbocycles. The first kappa shape index (κ1) is 17.6. The maximum Gasteiger partial charge on any atom is 0.270 e. The van der Waals surface area contributed by atoms with Crippen LogP contribution >= 0.6 is 0 Å². The molecule has 0 N–H and O–H groups in total. The molecule has 0 aliphatic carbocycles. The van der Waals surface area contributed by atoms with Crippen LogP contribution in [0.1, 0.15) is 11.1 Å². The van der Waals surface area contributed by atoms with E-state index >= 15 is 0 Å². The lowest BCUT2D eigenvalue weighted by molar-refractivity contribution is -0.384. The Morgan fingerprint density at radius 3 is 2.62 bits per heavy atom. The number of rotatable bonds is 4. The van der Waals surface area contributed by atoms with Gasteiger partial charge in [0.25, 0.3) is 5.69 Å². The second-order valence-corrected chi connectivity index (χ2v) is 5.86. The molecule has 132 valence electrons. The molecule has 7 heteroatoms. The summed E-state index contributed by atoms with van der Waals surface area (Å²) >= 11 is 0. The molecule has 0 spiro atoms. The van der Waals surface area contributed by atoms with Crippen molar-refractivity contribution in [1.82, 2.24) is 4.90 Å². The molecule has 1 aliphatic rings. The molecule has 0 radical (unpaired) electrons. The summed E-state index contributed by atoms with van der Waals surface area (Å²) < 4.78 is 5.41. The van der Waals surface area contributed by atoms with Crippen LogP contribution in [-0.4, -0.2) is 42.0 Å². The largest absolute Gasteiger partial charge is 0.378 e. The number of hydrogen-bond acceptors (Lipinski definition) is 5. The predicted octanol–water partition coefficient (Wildman–Crippen LogP) is 3.07. The van der Waals surface area contributed by atoms with E-state index in [0.717, 1.165) is 24.5 Å². The fourth-order valence-corrected chi connectivity index (χ4v) is 2.79. The van der Waals surface area contributed by atoms with Crippen LogP contribution in [0, 0.1) is 21.4 Å². The van der Waals surface area contributed by atoms with Gasteiger partial charge in [-0.15, -0.1) is 0 Å². The van der Waals surface area contributed by atoms with Gasteiger partial charge in [0.1, 0.15) is 11.9 Å². The Morgan fingerprint density at radius 1 is 1.23 bits per heavy atom. The first-order valence-corrected chi connectivity index (χ1v) is 8.30. The Hall–Kier alpha value is -3.24. The van der Waals surface area contributed by atoms with E-state index in [-0.39, 0.29) is 11.3 Å². The van der Waals surface area contributed by atoms with Crippen molar-refractivity contribution in [3.05, 3.63) is 69.8 Å². The van der Waals surface area contributed by atoms with E-state index in [4.69, 9.17) is 9.73 Å². The Balaban J connectivity index is 1.97. The number of amidine groups is 1. The van der Waals surface area contributed by atoms with Crippen LogP contribution < -0.4 is 0 Å². The van der Waals surface area contributed by atoms with E-state index in [0.29, 0.717) is 25.3 Å². The summed E-state index contributed by atoms with van der Waals surface area (Å²) in [6.07, 6.45) is 0.614. The monoisotopic (exact) mass is 350 g/mol. The van der Waals surface area contributed by atoms with Gasteiger partial charge in [-0.25, -0.2) is 4.99 Å². The number of ether oxygens (including phenoxy) is 1. The number of nitro benzene ring substituents is 1. The number of benzene rings is 2. The molecule has 1 saturated heterocycles. The molecule has 26 heavy (non-hydrogen) atoms. The van der Waals surface area contributed by atoms with Gasteiger partial charge in [0, 0.05) is 31.6 Å². The summed E-state index contributed by atoms with van der Waals surface area (Å²) in [6.45, 7) is 2.69. The summed E-state index contributed by atoms with van der Waals surface area (Å²) in [5.74, 6) is 0.824. The fraction of sp³-hybridized carbons (Fsp3) is 0.263. The molecular formula is C19H18N4O3. The fourth-order valence-electron chi connectivity index (χ4n) is 2.79. The van der Waals surface area contributed by atoms with Gasteiger partial charge < -0.3 is 9.64 Å². The summed E-state index contributed by atoms with van der Waals surface area (Å²) in [6, 6.07) is 16.1. The van der Waals surface area contributed by atoms with E-state index in [1.165, 1.54) is 18.2 Å². The van der Waals surface area contributed by atoms with E-state index in [1.54, 1.807) is 0 Å². The highest BCUT2D eigenvalue weighted by Crippen LogP contribution is 2.25. The van der Waals surface area contributed by atoms with Gasteiger partial charge in [-0.3, -0.25) is 10.1 Å². The minimum Gasteiger partial charge on any atom is -0.378 e. The highest BCUT2D eigenvalue weighted by atomic mass is 16.6. The zero-order valence-corrected chi connectivity index (χ0v) is 14.2. The molecule has 0 bridgehead atoms. The van der Waals surface area contributed by atoms with Crippen molar-refractivity contribution in [3.8, 4) is 6.07 Å². The van der Waals surface area contributed by atoms with Gasteiger partial charge in [0.2, 0.25) is 0 Å². The third-order valence-electron chi connectivity index (χ3n) is 4.14. The van der Waals surface area contributed by atoms with Crippen LogP contribution in [0.5, 0.6) is 0 Å². The third kappa shape index (κ3) is 4.23. The summed E-state index contributed by atoms with van der Waals surface area (Å²) in [5.41, 5.74) is 1.63. The van der Waals surface area contributed by atoms with Gasteiger partial charge in [-0.1, -0.05) is 30.3 Å². The number of morpholine rings is 1. The third-order valence-corrected chi connectivity index (χ3v) is 4.14. The average molecular weight is 350 g/mol. The molecule has 1 fully saturated rings. The van der Waals surface area contributed by atoms with E-state index < -0.39 is 4.92 Å². The predicted molar refractivity (Wildman–Crippen MR) is 97.4 cm³/mol. The van der Waals surface area contributed by atoms with Crippen LogP contribution in [0.3, 0.4) is 0 Å². The molecule has 0 unspecified atom stereocenters. The Labute approximate surface area is 151 Å². The second kappa shape index (κ2) is 8.23. The Bertz CT molecular complexity index is 853. The summed E-state index contributed by atoms with van der Waals surface area (Å²) in [5, 5.41) is 20.3. The normalized spacial score (nSPS) is 14.7. The number of aliphatic imine (C=N–C) groups is 1. The topological polar surface area (TPSA) is 91.8 Å². The maximum atomic E-state index is 10.9. The van der Waals surface area contributed by atoms with Crippen molar-refractivity contribution in [3.63, 3.8) is 0 Å². The van der Waals surface area contributed by atoms with E-state index in [1.807, 2.05) is 36.4 Å². The molecule has 2 aromatic rings. The number of hydrogen-bond donors (Lipinski definition) is 0. The summed E-state index contributed by atoms with van der Waals surface area (Å²) in [4.78, 5) is 17.2. The van der Waals surface area contributed by atoms with Gasteiger partial charge in [0.15, 0.2) is 0 Å². The molecule has 7 nitrogen and oxygen atoms in total. The molecule has 0 aromatic heterocycles. The Kier molecular flexibility index (Phi) is 5.56. The zero-order chi connectivity index (χ0) is 18.4. The molecule has 0 atom stereocenters. The zero-order valence-electron chi connectivity index (χ0n) is 14.2.